The topological polar surface area (TPSA) is 21.3 Å². The van der Waals surface area contributed by atoms with Gasteiger partial charge >= 0.3 is 0 Å². The van der Waals surface area contributed by atoms with Crippen molar-refractivity contribution >= 4 is 22.9 Å². The van der Waals surface area contributed by atoms with E-state index in [1.165, 1.54) is 4.88 Å². The highest BCUT2D eigenvalue weighted by Gasteiger charge is 2.21. The van der Waals surface area contributed by atoms with Crippen LogP contribution in [0.1, 0.15) is 17.9 Å². The van der Waals surface area contributed by atoms with Crippen LogP contribution in [0.3, 0.4) is 0 Å². The zero-order chi connectivity index (χ0) is 13.7. The number of hydrogen-bond donors (Lipinski definition) is 1. The molecule has 2 aromatic rings. The highest BCUT2D eigenvalue weighted by atomic mass is 35.5. The molecule has 0 bridgehead atoms. The summed E-state index contributed by atoms with van der Waals surface area (Å²) in [4.78, 5) is 1.24. The van der Waals surface area contributed by atoms with Crippen molar-refractivity contribution in [3.63, 3.8) is 0 Å². The Kier molecular flexibility index (Phi) is 5.25. The molecule has 0 amide bonds. The maximum atomic E-state index is 6.14. The van der Waals surface area contributed by atoms with Crippen LogP contribution < -0.4 is 10.1 Å². The second-order valence-electron chi connectivity index (χ2n) is 4.55. The van der Waals surface area contributed by atoms with Gasteiger partial charge in [-0.25, -0.2) is 0 Å². The average Bonchev–Trinajstić information content (AvgIpc) is 2.90. The minimum absolute atomic E-state index is 0.0471. The maximum absolute atomic E-state index is 6.14. The normalized spacial score (nSPS) is 14.1. The van der Waals surface area contributed by atoms with Crippen LogP contribution in [0, 0.1) is 5.92 Å². The van der Waals surface area contributed by atoms with Gasteiger partial charge in [0, 0.05) is 22.4 Å². The third-order valence-corrected chi connectivity index (χ3v) is 4.09. The summed E-state index contributed by atoms with van der Waals surface area (Å²) < 4.78 is 6.14. The summed E-state index contributed by atoms with van der Waals surface area (Å²) in [5, 5.41) is 5.98. The van der Waals surface area contributed by atoms with E-state index in [0.29, 0.717) is 10.9 Å². The molecule has 1 aromatic carbocycles. The molecule has 1 aromatic heterocycles. The molecule has 2 rings (SSSR count). The van der Waals surface area contributed by atoms with Crippen molar-refractivity contribution in [2.75, 3.05) is 13.6 Å². The van der Waals surface area contributed by atoms with Crippen molar-refractivity contribution in [2.24, 2.45) is 5.92 Å². The Hall–Kier alpha value is -1.03. The molecule has 0 aliphatic rings. The Bertz CT molecular complexity index is 501. The second-order valence-corrected chi connectivity index (χ2v) is 5.96. The molecule has 0 radical (unpaired) electrons. The van der Waals surface area contributed by atoms with E-state index in [2.05, 4.69) is 29.8 Å². The second kappa shape index (κ2) is 6.94. The van der Waals surface area contributed by atoms with E-state index in [4.69, 9.17) is 16.3 Å². The summed E-state index contributed by atoms with van der Waals surface area (Å²) in [6.07, 6.45) is 0.0471. The van der Waals surface area contributed by atoms with E-state index in [-0.39, 0.29) is 6.10 Å². The van der Waals surface area contributed by atoms with Crippen LogP contribution in [0.5, 0.6) is 5.75 Å². The molecule has 0 spiro atoms. The predicted octanol–water partition coefficient (Wildman–Crippen LogP) is 4.38. The van der Waals surface area contributed by atoms with Crippen LogP contribution in [-0.4, -0.2) is 13.6 Å². The van der Waals surface area contributed by atoms with Crippen molar-refractivity contribution in [1.29, 1.82) is 0 Å². The van der Waals surface area contributed by atoms with E-state index in [1.54, 1.807) is 11.3 Å². The molecule has 0 saturated heterocycles. The van der Waals surface area contributed by atoms with Gasteiger partial charge in [-0.2, -0.15) is 0 Å². The van der Waals surface area contributed by atoms with Gasteiger partial charge in [0.25, 0.3) is 0 Å². The molecule has 2 nitrogen and oxygen atoms in total. The van der Waals surface area contributed by atoms with Gasteiger partial charge in [-0.15, -0.1) is 11.3 Å². The Balaban J connectivity index is 2.18. The van der Waals surface area contributed by atoms with Crippen molar-refractivity contribution in [3.05, 3.63) is 51.7 Å². The molecule has 2 unspecified atom stereocenters. The minimum atomic E-state index is 0.0471. The fourth-order valence-electron chi connectivity index (χ4n) is 2.02. The van der Waals surface area contributed by atoms with Crippen LogP contribution in [-0.2, 0) is 0 Å². The predicted molar refractivity (Wildman–Crippen MR) is 82.2 cm³/mol. The number of halogens is 1. The van der Waals surface area contributed by atoms with Crippen molar-refractivity contribution < 1.29 is 4.74 Å². The Morgan fingerprint density at radius 3 is 2.79 bits per heavy atom. The highest BCUT2D eigenvalue weighted by molar-refractivity contribution is 7.10. The molecule has 102 valence electrons. The van der Waals surface area contributed by atoms with E-state index in [0.717, 1.165) is 12.3 Å². The Morgan fingerprint density at radius 1 is 1.32 bits per heavy atom. The lowest BCUT2D eigenvalue weighted by molar-refractivity contribution is 0.147. The monoisotopic (exact) mass is 295 g/mol. The van der Waals surface area contributed by atoms with Crippen LogP contribution >= 0.6 is 22.9 Å². The smallest absolute Gasteiger partial charge is 0.137 e. The number of rotatable bonds is 6. The minimum Gasteiger partial charge on any atom is -0.485 e. The SMILES string of the molecule is CNCC(C)C(Oc1cccc(Cl)c1)c1cccs1. The molecular formula is C15H18ClNOS. The molecular weight excluding hydrogens is 278 g/mol. The first-order chi connectivity index (χ1) is 9.20. The lowest BCUT2D eigenvalue weighted by Crippen LogP contribution is -2.25. The van der Waals surface area contributed by atoms with Crippen LogP contribution in [0.4, 0.5) is 0 Å². The molecule has 4 heteroatoms. The summed E-state index contributed by atoms with van der Waals surface area (Å²) in [6, 6.07) is 11.7. The van der Waals surface area contributed by atoms with Gasteiger partial charge in [-0.1, -0.05) is 30.7 Å². The molecule has 0 aliphatic carbocycles. The highest BCUT2D eigenvalue weighted by Crippen LogP contribution is 2.32. The van der Waals surface area contributed by atoms with Gasteiger partial charge in [0.05, 0.1) is 0 Å². The molecule has 1 N–H and O–H groups in total. The lowest BCUT2D eigenvalue weighted by atomic mass is 10.0. The Labute approximate surface area is 123 Å². The number of nitrogens with one attached hydrogen (secondary N) is 1. The number of thiophene rings is 1. The van der Waals surface area contributed by atoms with Crippen LogP contribution in [0.15, 0.2) is 41.8 Å². The van der Waals surface area contributed by atoms with Crippen LogP contribution in [0.25, 0.3) is 0 Å². The first-order valence-electron chi connectivity index (χ1n) is 6.31. The number of ether oxygens (including phenoxy) is 1. The fourth-order valence-corrected chi connectivity index (χ4v) is 3.09. The van der Waals surface area contributed by atoms with Crippen molar-refractivity contribution in [3.8, 4) is 5.75 Å². The van der Waals surface area contributed by atoms with Gasteiger partial charge in [0.1, 0.15) is 11.9 Å². The maximum Gasteiger partial charge on any atom is 0.137 e. The lowest BCUT2D eigenvalue weighted by Gasteiger charge is -2.24. The van der Waals surface area contributed by atoms with Crippen LogP contribution in [0.2, 0.25) is 5.02 Å². The third kappa shape index (κ3) is 3.96. The molecule has 2 atom stereocenters. The molecule has 1 heterocycles. The van der Waals surface area contributed by atoms with E-state index in [9.17, 15) is 0 Å². The first kappa shape index (κ1) is 14.4. The standard InChI is InChI=1S/C15H18ClNOS/c1-11(10-17-2)15(14-7-4-8-19-14)18-13-6-3-5-12(16)9-13/h3-9,11,15,17H,10H2,1-2H3. The molecule has 0 fully saturated rings. The summed E-state index contributed by atoms with van der Waals surface area (Å²) in [7, 11) is 1.96. The summed E-state index contributed by atoms with van der Waals surface area (Å²) in [6.45, 7) is 3.09. The average molecular weight is 296 g/mol. The van der Waals surface area contributed by atoms with E-state index in [1.807, 2.05) is 31.3 Å². The molecule has 0 aliphatic heterocycles. The van der Waals surface area contributed by atoms with Gasteiger partial charge in [0.15, 0.2) is 0 Å². The summed E-state index contributed by atoms with van der Waals surface area (Å²) in [5.41, 5.74) is 0. The largest absolute Gasteiger partial charge is 0.485 e. The fraction of sp³-hybridized carbons (Fsp3) is 0.333. The van der Waals surface area contributed by atoms with Crippen molar-refractivity contribution in [1.82, 2.24) is 5.32 Å². The summed E-state index contributed by atoms with van der Waals surface area (Å²) in [5.74, 6) is 1.19. The summed E-state index contributed by atoms with van der Waals surface area (Å²) >= 11 is 7.73. The van der Waals surface area contributed by atoms with Crippen molar-refractivity contribution in [2.45, 2.75) is 13.0 Å². The quantitative estimate of drug-likeness (QED) is 0.854. The van der Waals surface area contributed by atoms with Gasteiger partial charge in [-0.3, -0.25) is 0 Å². The zero-order valence-corrected chi connectivity index (χ0v) is 12.7. The third-order valence-electron chi connectivity index (χ3n) is 2.93. The number of benzene rings is 1. The first-order valence-corrected chi connectivity index (χ1v) is 7.56. The molecule has 19 heavy (non-hydrogen) atoms. The van der Waals surface area contributed by atoms with E-state index >= 15 is 0 Å². The van der Waals surface area contributed by atoms with Gasteiger partial charge in [-0.05, 0) is 36.7 Å². The number of hydrogen-bond acceptors (Lipinski definition) is 3. The molecule has 0 saturated carbocycles. The van der Waals surface area contributed by atoms with Gasteiger partial charge in [0.2, 0.25) is 0 Å². The van der Waals surface area contributed by atoms with E-state index < -0.39 is 0 Å². The zero-order valence-electron chi connectivity index (χ0n) is 11.1. The Morgan fingerprint density at radius 2 is 2.16 bits per heavy atom. The van der Waals surface area contributed by atoms with Gasteiger partial charge < -0.3 is 10.1 Å².